The number of carbonyl (C=O) groups excluding carboxylic acids is 2. The van der Waals surface area contributed by atoms with Crippen LogP contribution in [0.4, 0.5) is 0 Å². The summed E-state index contributed by atoms with van der Waals surface area (Å²) < 4.78 is 0. The minimum Gasteiger partial charge on any atom is -0.383 e. The number of ketones is 1. The van der Waals surface area contributed by atoms with Crippen LogP contribution in [-0.4, -0.2) is 64.9 Å². The van der Waals surface area contributed by atoms with Gasteiger partial charge < -0.3 is 10.0 Å². The van der Waals surface area contributed by atoms with Crippen LogP contribution in [-0.2, 0) is 4.79 Å². The molecule has 1 N–H and O–H groups in total. The molecule has 1 heterocycles. The molecule has 1 aliphatic heterocycles. The minimum atomic E-state index is -1.34. The molecular formula is C19H26Cl2N2O3. The van der Waals surface area contributed by atoms with Crippen LogP contribution in [0.2, 0.25) is 10.0 Å². The average molecular weight is 401 g/mol. The van der Waals surface area contributed by atoms with E-state index in [9.17, 15) is 14.7 Å². The van der Waals surface area contributed by atoms with Crippen LogP contribution >= 0.6 is 23.2 Å². The van der Waals surface area contributed by atoms with Gasteiger partial charge in [0, 0.05) is 44.2 Å². The number of benzene rings is 1. The Balaban J connectivity index is 1.89. The lowest BCUT2D eigenvalue weighted by atomic mass is 10.0. The van der Waals surface area contributed by atoms with E-state index >= 15 is 0 Å². The monoisotopic (exact) mass is 400 g/mol. The summed E-state index contributed by atoms with van der Waals surface area (Å²) in [5.74, 6) is -0.720. The first-order valence-electron chi connectivity index (χ1n) is 9.06. The Labute approximate surface area is 164 Å². The molecule has 1 aromatic carbocycles. The molecule has 0 spiro atoms. The highest BCUT2D eigenvalue weighted by atomic mass is 35.5. The topological polar surface area (TPSA) is 60.9 Å². The van der Waals surface area contributed by atoms with Crippen LogP contribution < -0.4 is 0 Å². The van der Waals surface area contributed by atoms with E-state index in [1.54, 1.807) is 11.0 Å². The van der Waals surface area contributed by atoms with Crippen molar-refractivity contribution in [2.24, 2.45) is 0 Å². The fourth-order valence-corrected chi connectivity index (χ4v) is 3.67. The van der Waals surface area contributed by atoms with E-state index < -0.39 is 6.10 Å². The summed E-state index contributed by atoms with van der Waals surface area (Å²) in [6.07, 6.45) is 0.580. The van der Waals surface area contributed by atoms with E-state index in [1.807, 2.05) is 0 Å². The predicted molar refractivity (Wildman–Crippen MR) is 104 cm³/mol. The normalized spacial score (nSPS) is 16.8. The number of nitrogens with zero attached hydrogens (tertiary/aromatic N) is 2. The van der Waals surface area contributed by atoms with Crippen LogP contribution in [0.15, 0.2) is 18.2 Å². The largest absolute Gasteiger partial charge is 0.383 e. The molecular weight excluding hydrogens is 375 g/mol. The van der Waals surface area contributed by atoms with Crippen LogP contribution in [0, 0.1) is 0 Å². The number of aliphatic hydroxyl groups is 1. The fourth-order valence-electron chi connectivity index (χ4n) is 3.37. The smallest absolute Gasteiger partial charge is 0.251 e. The first-order chi connectivity index (χ1) is 12.4. The molecule has 0 saturated carbocycles. The van der Waals surface area contributed by atoms with E-state index in [2.05, 4.69) is 18.7 Å². The molecule has 26 heavy (non-hydrogen) atoms. The molecule has 144 valence electrons. The van der Waals surface area contributed by atoms with Gasteiger partial charge in [-0.2, -0.15) is 0 Å². The third-order valence-corrected chi connectivity index (χ3v) is 5.73. The maximum atomic E-state index is 12.5. The Hall–Kier alpha value is -1.14. The number of aliphatic hydroxyl groups excluding tert-OH is 1. The number of hydrogen-bond acceptors (Lipinski definition) is 4. The Morgan fingerprint density at radius 3 is 2.23 bits per heavy atom. The number of hydrogen-bond donors (Lipinski definition) is 1. The van der Waals surface area contributed by atoms with Crippen LogP contribution in [0.25, 0.3) is 0 Å². The van der Waals surface area contributed by atoms with E-state index in [1.165, 1.54) is 12.1 Å². The van der Waals surface area contributed by atoms with Crippen molar-refractivity contribution in [2.75, 3.05) is 26.2 Å². The van der Waals surface area contributed by atoms with Gasteiger partial charge in [-0.25, -0.2) is 0 Å². The number of rotatable bonds is 7. The Morgan fingerprint density at radius 2 is 1.69 bits per heavy atom. The standard InChI is InChI=1S/C19H26Cl2N2O3/c1-3-14(4-2)22-7-9-23(10-8-22)19(26)18(25)12-17(24)13-5-6-15(20)16(21)11-13/h5-6,11,14,18,25H,3-4,7-10,12H2,1-2H3. The van der Waals surface area contributed by atoms with Gasteiger partial charge in [0.25, 0.3) is 5.91 Å². The molecule has 0 bridgehead atoms. The zero-order valence-electron chi connectivity index (χ0n) is 15.3. The summed E-state index contributed by atoms with van der Waals surface area (Å²) in [6.45, 7) is 7.09. The molecule has 1 unspecified atom stereocenters. The fraction of sp³-hybridized carbons (Fsp3) is 0.579. The molecule has 1 saturated heterocycles. The molecule has 0 aliphatic carbocycles. The second-order valence-corrected chi connectivity index (χ2v) is 7.42. The molecule has 1 amide bonds. The predicted octanol–water partition coefficient (Wildman–Crippen LogP) is 3.26. The van der Waals surface area contributed by atoms with Gasteiger partial charge in [-0.3, -0.25) is 14.5 Å². The van der Waals surface area contributed by atoms with Crippen molar-refractivity contribution in [3.8, 4) is 0 Å². The van der Waals surface area contributed by atoms with Crippen LogP contribution in [0.1, 0.15) is 43.5 Å². The molecule has 1 atom stereocenters. The minimum absolute atomic E-state index is 0.260. The second kappa shape index (κ2) is 9.70. The maximum absolute atomic E-state index is 12.5. The lowest BCUT2D eigenvalue weighted by Gasteiger charge is -2.39. The number of halogens is 2. The number of carbonyl (C=O) groups is 2. The molecule has 7 heteroatoms. The van der Waals surface area contributed by atoms with Crippen molar-refractivity contribution in [2.45, 2.75) is 45.3 Å². The van der Waals surface area contributed by atoms with Gasteiger partial charge in [-0.15, -0.1) is 0 Å². The first-order valence-corrected chi connectivity index (χ1v) is 9.82. The van der Waals surface area contributed by atoms with E-state index in [-0.39, 0.29) is 23.1 Å². The van der Waals surface area contributed by atoms with E-state index in [4.69, 9.17) is 23.2 Å². The highest BCUT2D eigenvalue weighted by Gasteiger charge is 2.29. The number of piperazine rings is 1. The van der Waals surface area contributed by atoms with Crippen molar-refractivity contribution >= 4 is 34.9 Å². The van der Waals surface area contributed by atoms with Crippen molar-refractivity contribution in [3.05, 3.63) is 33.8 Å². The third-order valence-electron chi connectivity index (χ3n) is 4.99. The van der Waals surface area contributed by atoms with Gasteiger partial charge in [0.2, 0.25) is 0 Å². The third kappa shape index (κ3) is 5.19. The van der Waals surface area contributed by atoms with Crippen molar-refractivity contribution < 1.29 is 14.7 Å². The summed E-state index contributed by atoms with van der Waals surface area (Å²) in [4.78, 5) is 28.8. The van der Waals surface area contributed by atoms with Gasteiger partial charge in [-0.05, 0) is 31.0 Å². The van der Waals surface area contributed by atoms with Crippen LogP contribution in [0.3, 0.4) is 0 Å². The lowest BCUT2D eigenvalue weighted by molar-refractivity contribution is -0.142. The molecule has 0 radical (unpaired) electrons. The highest BCUT2D eigenvalue weighted by Crippen LogP contribution is 2.23. The van der Waals surface area contributed by atoms with Crippen LogP contribution in [0.5, 0.6) is 0 Å². The summed E-state index contributed by atoms with van der Waals surface area (Å²) in [5, 5.41) is 10.8. The maximum Gasteiger partial charge on any atom is 0.251 e. The average Bonchev–Trinajstić information content (AvgIpc) is 2.64. The summed E-state index contributed by atoms with van der Waals surface area (Å²) in [5.41, 5.74) is 0.338. The highest BCUT2D eigenvalue weighted by molar-refractivity contribution is 6.42. The Morgan fingerprint density at radius 1 is 1.08 bits per heavy atom. The summed E-state index contributed by atoms with van der Waals surface area (Å²) in [6, 6.07) is 5.07. The molecule has 1 fully saturated rings. The molecule has 0 aromatic heterocycles. The summed E-state index contributed by atoms with van der Waals surface area (Å²) >= 11 is 11.8. The van der Waals surface area contributed by atoms with Crippen molar-refractivity contribution in [3.63, 3.8) is 0 Å². The van der Waals surface area contributed by atoms with E-state index in [0.29, 0.717) is 29.7 Å². The molecule has 1 aliphatic rings. The zero-order chi connectivity index (χ0) is 19.3. The van der Waals surface area contributed by atoms with Gasteiger partial charge in [0.1, 0.15) is 6.10 Å². The second-order valence-electron chi connectivity index (χ2n) is 6.60. The Kier molecular flexibility index (Phi) is 7.89. The van der Waals surface area contributed by atoms with Gasteiger partial charge >= 0.3 is 0 Å². The number of amides is 1. The molecule has 5 nitrogen and oxygen atoms in total. The summed E-state index contributed by atoms with van der Waals surface area (Å²) in [7, 11) is 0. The first kappa shape index (κ1) is 21.2. The lowest BCUT2D eigenvalue weighted by Crippen LogP contribution is -2.54. The SMILES string of the molecule is CCC(CC)N1CCN(C(=O)C(O)CC(=O)c2ccc(Cl)c(Cl)c2)CC1. The van der Waals surface area contributed by atoms with Crippen molar-refractivity contribution in [1.82, 2.24) is 9.80 Å². The van der Waals surface area contributed by atoms with Gasteiger partial charge in [0.15, 0.2) is 5.78 Å². The zero-order valence-corrected chi connectivity index (χ0v) is 16.8. The molecule has 2 rings (SSSR count). The molecule has 1 aromatic rings. The number of Topliss-reactive ketones (excluding diaryl/α,β-unsaturated/α-hetero) is 1. The van der Waals surface area contributed by atoms with E-state index in [0.717, 1.165) is 25.9 Å². The van der Waals surface area contributed by atoms with Crippen molar-refractivity contribution in [1.29, 1.82) is 0 Å². The quantitative estimate of drug-likeness (QED) is 0.713. The Bertz CT molecular complexity index is 642. The van der Waals surface area contributed by atoms with Gasteiger partial charge in [-0.1, -0.05) is 37.0 Å². The van der Waals surface area contributed by atoms with Gasteiger partial charge in [0.05, 0.1) is 10.0 Å².